The van der Waals surface area contributed by atoms with E-state index < -0.39 is 10.7 Å². The second kappa shape index (κ2) is 8.34. The van der Waals surface area contributed by atoms with Crippen LogP contribution in [0.15, 0.2) is 46.9 Å². The third-order valence-electron chi connectivity index (χ3n) is 4.41. The summed E-state index contributed by atoms with van der Waals surface area (Å²) in [4.78, 5) is 26.4. The lowest BCUT2D eigenvalue weighted by Crippen LogP contribution is -2.50. The third-order valence-corrected chi connectivity index (χ3v) is 5.03. The molecule has 1 amide bonds. The summed E-state index contributed by atoms with van der Waals surface area (Å²) in [5.74, 6) is -0.926. The van der Waals surface area contributed by atoms with Gasteiger partial charge in [-0.05, 0) is 28.1 Å². The van der Waals surface area contributed by atoms with Gasteiger partial charge in [0.25, 0.3) is 5.69 Å². The van der Waals surface area contributed by atoms with Crippen LogP contribution in [-0.2, 0) is 4.79 Å². The topological polar surface area (TPSA) is 78.7 Å². The zero-order valence-corrected chi connectivity index (χ0v) is 16.0. The molecule has 1 aliphatic rings. The van der Waals surface area contributed by atoms with Crippen molar-refractivity contribution in [3.63, 3.8) is 0 Å². The van der Waals surface area contributed by atoms with Gasteiger partial charge in [-0.25, -0.2) is 4.39 Å². The average Bonchev–Trinajstić information content (AvgIpc) is 2.67. The number of amides is 1. The van der Waals surface area contributed by atoms with Crippen LogP contribution in [0.4, 0.5) is 21.5 Å². The molecule has 3 rings (SSSR count). The van der Waals surface area contributed by atoms with Crippen LogP contribution >= 0.6 is 15.9 Å². The van der Waals surface area contributed by atoms with Crippen LogP contribution in [0.1, 0.15) is 0 Å². The minimum atomic E-state index is -0.780. The second-order valence-electron chi connectivity index (χ2n) is 6.10. The molecule has 1 aliphatic heterocycles. The van der Waals surface area contributed by atoms with Crippen molar-refractivity contribution in [3.05, 3.63) is 62.9 Å². The Hall–Kier alpha value is -2.68. The smallest absolute Gasteiger partial charge is 0.273 e. The van der Waals surface area contributed by atoms with Gasteiger partial charge >= 0.3 is 0 Å². The van der Waals surface area contributed by atoms with Crippen LogP contribution < -0.4 is 10.2 Å². The van der Waals surface area contributed by atoms with Gasteiger partial charge in [-0.3, -0.25) is 14.9 Å². The standard InChI is InChI=1S/C18H18BrFN4O3/c19-15-10-14(24(26)27)11-16(20)18(15)21-12-17(25)23-8-6-22(7-9-23)13-4-2-1-3-5-13/h1-5,10-11,21H,6-9,12H2. The minimum absolute atomic E-state index is 0.0388. The van der Waals surface area contributed by atoms with Crippen molar-refractivity contribution in [2.45, 2.75) is 0 Å². The maximum absolute atomic E-state index is 14.1. The highest BCUT2D eigenvalue weighted by Crippen LogP contribution is 2.30. The Labute approximate surface area is 164 Å². The summed E-state index contributed by atoms with van der Waals surface area (Å²) in [6.07, 6.45) is 0. The Morgan fingerprint density at radius 2 is 1.85 bits per heavy atom. The number of hydrogen-bond donors (Lipinski definition) is 1. The van der Waals surface area contributed by atoms with Crippen molar-refractivity contribution in [3.8, 4) is 0 Å². The maximum atomic E-state index is 14.1. The first-order valence-electron chi connectivity index (χ1n) is 8.41. The molecule has 1 saturated heterocycles. The summed E-state index contributed by atoms with van der Waals surface area (Å²) in [7, 11) is 0. The van der Waals surface area contributed by atoms with E-state index in [0.29, 0.717) is 13.1 Å². The Balaban J connectivity index is 1.56. The van der Waals surface area contributed by atoms with Crippen LogP contribution in [0, 0.1) is 15.9 Å². The minimum Gasteiger partial charge on any atom is -0.373 e. The van der Waals surface area contributed by atoms with Gasteiger partial charge in [-0.2, -0.15) is 0 Å². The van der Waals surface area contributed by atoms with Gasteiger partial charge in [0, 0.05) is 37.9 Å². The van der Waals surface area contributed by atoms with Crippen molar-refractivity contribution in [1.82, 2.24) is 4.90 Å². The Bertz CT molecular complexity index is 819. The molecule has 1 fully saturated rings. The molecule has 7 nitrogen and oxygen atoms in total. The quantitative estimate of drug-likeness (QED) is 0.574. The number of nitrogens with one attached hydrogen (secondary N) is 1. The molecule has 1 heterocycles. The lowest BCUT2D eigenvalue weighted by molar-refractivity contribution is -0.385. The number of hydrogen-bond acceptors (Lipinski definition) is 5. The lowest BCUT2D eigenvalue weighted by atomic mass is 10.2. The normalized spacial score (nSPS) is 14.1. The number of non-ortho nitro benzene ring substituents is 1. The summed E-state index contributed by atoms with van der Waals surface area (Å²) in [5.41, 5.74) is 0.810. The van der Waals surface area contributed by atoms with E-state index in [1.165, 1.54) is 6.07 Å². The lowest BCUT2D eigenvalue weighted by Gasteiger charge is -2.36. The fraction of sp³-hybridized carbons (Fsp3) is 0.278. The van der Waals surface area contributed by atoms with E-state index in [4.69, 9.17) is 0 Å². The third kappa shape index (κ3) is 4.54. The Kier molecular flexibility index (Phi) is 5.90. The zero-order chi connectivity index (χ0) is 19.4. The van der Waals surface area contributed by atoms with Gasteiger partial charge in [0.05, 0.1) is 27.7 Å². The number of rotatable bonds is 5. The molecule has 2 aromatic rings. The van der Waals surface area contributed by atoms with Crippen LogP contribution in [0.3, 0.4) is 0 Å². The maximum Gasteiger partial charge on any atom is 0.273 e. The molecule has 9 heteroatoms. The van der Waals surface area contributed by atoms with Gasteiger partial charge < -0.3 is 15.1 Å². The Morgan fingerprint density at radius 3 is 2.44 bits per heavy atom. The number of para-hydroxylation sites is 1. The average molecular weight is 437 g/mol. The summed E-state index contributed by atoms with van der Waals surface area (Å²) < 4.78 is 14.3. The van der Waals surface area contributed by atoms with Crippen molar-refractivity contribution >= 4 is 38.9 Å². The van der Waals surface area contributed by atoms with Gasteiger partial charge in [-0.15, -0.1) is 0 Å². The number of carbonyl (C=O) groups excluding carboxylic acids is 1. The summed E-state index contributed by atoms with van der Waals surface area (Å²) in [6, 6.07) is 12.0. The van der Waals surface area contributed by atoms with Gasteiger partial charge in [0.1, 0.15) is 0 Å². The predicted molar refractivity (Wildman–Crippen MR) is 104 cm³/mol. The van der Waals surface area contributed by atoms with E-state index in [0.717, 1.165) is 24.8 Å². The summed E-state index contributed by atoms with van der Waals surface area (Å²) in [5, 5.41) is 13.5. The molecule has 1 N–H and O–H groups in total. The first-order chi connectivity index (χ1) is 13.0. The van der Waals surface area contributed by atoms with Gasteiger partial charge in [-0.1, -0.05) is 18.2 Å². The molecular weight excluding hydrogens is 419 g/mol. The summed E-state index contributed by atoms with van der Waals surface area (Å²) >= 11 is 3.11. The molecular formula is C18H18BrFN4O3. The van der Waals surface area contributed by atoms with Crippen LogP contribution in [0.25, 0.3) is 0 Å². The van der Waals surface area contributed by atoms with E-state index in [-0.39, 0.29) is 28.3 Å². The number of nitro benzene ring substituents is 1. The molecule has 0 aliphatic carbocycles. The van der Waals surface area contributed by atoms with E-state index in [2.05, 4.69) is 26.1 Å². The first kappa shape index (κ1) is 19.1. The molecule has 0 bridgehead atoms. The van der Waals surface area contributed by atoms with Crippen molar-refractivity contribution in [2.24, 2.45) is 0 Å². The summed E-state index contributed by atoms with van der Waals surface area (Å²) in [6.45, 7) is 2.54. The molecule has 142 valence electrons. The van der Waals surface area contributed by atoms with Crippen LogP contribution in [0.5, 0.6) is 0 Å². The number of nitrogens with zero attached hydrogens (tertiary/aromatic N) is 3. The molecule has 2 aromatic carbocycles. The SMILES string of the molecule is O=C(CNc1c(F)cc([N+](=O)[O-])cc1Br)N1CCN(c2ccccc2)CC1. The fourth-order valence-electron chi connectivity index (χ4n) is 2.96. The Morgan fingerprint density at radius 1 is 1.19 bits per heavy atom. The monoisotopic (exact) mass is 436 g/mol. The number of piperazine rings is 1. The van der Waals surface area contributed by atoms with E-state index in [9.17, 15) is 19.3 Å². The predicted octanol–water partition coefficient (Wildman–Crippen LogP) is 3.26. The van der Waals surface area contributed by atoms with Crippen LogP contribution in [-0.4, -0.2) is 48.5 Å². The van der Waals surface area contributed by atoms with Crippen molar-refractivity contribution in [1.29, 1.82) is 0 Å². The number of carbonyl (C=O) groups is 1. The van der Waals surface area contributed by atoms with Crippen molar-refractivity contribution < 1.29 is 14.1 Å². The van der Waals surface area contributed by atoms with Crippen LogP contribution in [0.2, 0.25) is 0 Å². The largest absolute Gasteiger partial charge is 0.373 e. The van der Waals surface area contributed by atoms with Gasteiger partial charge in [0.15, 0.2) is 5.82 Å². The molecule has 0 radical (unpaired) electrons. The molecule has 0 saturated carbocycles. The van der Waals surface area contributed by atoms with E-state index in [1.807, 2.05) is 30.3 Å². The second-order valence-corrected chi connectivity index (χ2v) is 6.95. The van der Waals surface area contributed by atoms with Gasteiger partial charge in [0.2, 0.25) is 5.91 Å². The number of halogens is 2. The number of anilines is 2. The first-order valence-corrected chi connectivity index (χ1v) is 9.20. The number of nitro groups is 1. The van der Waals surface area contributed by atoms with E-state index in [1.54, 1.807) is 4.90 Å². The molecule has 0 atom stereocenters. The highest BCUT2D eigenvalue weighted by Gasteiger charge is 2.22. The molecule has 27 heavy (non-hydrogen) atoms. The molecule has 0 aromatic heterocycles. The zero-order valence-electron chi connectivity index (χ0n) is 14.4. The highest BCUT2D eigenvalue weighted by molar-refractivity contribution is 9.10. The molecule has 0 spiro atoms. The molecule has 0 unspecified atom stereocenters. The van der Waals surface area contributed by atoms with Crippen molar-refractivity contribution in [2.75, 3.05) is 42.9 Å². The highest BCUT2D eigenvalue weighted by atomic mass is 79.9. The number of benzene rings is 2. The fourth-order valence-corrected chi connectivity index (χ4v) is 3.53. The van der Waals surface area contributed by atoms with E-state index >= 15 is 0 Å².